The highest BCUT2D eigenvalue weighted by Gasteiger charge is 2.17. The molecule has 0 aromatic carbocycles. The van der Waals surface area contributed by atoms with E-state index < -0.39 is 0 Å². The summed E-state index contributed by atoms with van der Waals surface area (Å²) in [4.78, 5) is -0.333. The number of hydrogen-bond donors (Lipinski definition) is 1. The molecular weight excluding hydrogens is 146 g/mol. The molecule has 0 aromatic rings. The van der Waals surface area contributed by atoms with Crippen LogP contribution in [0.2, 0.25) is 0 Å². The van der Waals surface area contributed by atoms with E-state index in [9.17, 15) is 0 Å². The van der Waals surface area contributed by atoms with Gasteiger partial charge in [-0.1, -0.05) is 0 Å². The number of halogens is 1. The van der Waals surface area contributed by atoms with E-state index in [1.807, 2.05) is 13.8 Å². The van der Waals surface area contributed by atoms with Crippen molar-refractivity contribution in [3.63, 3.8) is 0 Å². The van der Waals surface area contributed by atoms with Crippen molar-refractivity contribution in [3.05, 3.63) is 31.9 Å². The highest BCUT2D eigenvalue weighted by molar-refractivity contribution is 6.24. The maximum absolute atomic E-state index is 5.71. The van der Waals surface area contributed by atoms with E-state index in [2.05, 4.69) is 25.8 Å². The molecule has 1 nitrogen and oxygen atoms in total. The van der Waals surface area contributed by atoms with Crippen LogP contribution in [-0.2, 0) is 0 Å². The van der Waals surface area contributed by atoms with Gasteiger partial charge < -0.3 is 5.73 Å². The summed E-state index contributed by atoms with van der Waals surface area (Å²) in [5.74, 6) is 0. The molecule has 10 heavy (non-hydrogen) atoms. The van der Waals surface area contributed by atoms with Gasteiger partial charge in [0.25, 0.3) is 0 Å². The average Bonchev–Trinajstić information content (AvgIpc) is 1.64. The zero-order valence-corrected chi connectivity index (χ0v) is 7.54. The second kappa shape index (κ2) is 5.39. The number of rotatable bonds is 1. The van der Waals surface area contributed by atoms with E-state index in [0.29, 0.717) is 0 Å². The summed E-state index contributed by atoms with van der Waals surface area (Å²) in [7, 11) is 0. The molecule has 0 spiro atoms. The summed E-state index contributed by atoms with van der Waals surface area (Å²) in [5, 5.41) is 0. The molecule has 0 saturated carbocycles. The first-order valence-electron chi connectivity index (χ1n) is 2.96. The lowest BCUT2D eigenvalue weighted by atomic mass is 10.1. The smallest absolute Gasteiger partial charge is 0.117 e. The van der Waals surface area contributed by atoms with Crippen LogP contribution >= 0.6 is 11.6 Å². The van der Waals surface area contributed by atoms with Crippen LogP contribution in [0.4, 0.5) is 0 Å². The fourth-order valence-electron chi connectivity index (χ4n) is 0. The van der Waals surface area contributed by atoms with Crippen molar-refractivity contribution in [1.29, 1.82) is 0 Å². The summed E-state index contributed by atoms with van der Waals surface area (Å²) in [5.41, 5.74) is 4.34. The maximum atomic E-state index is 5.71. The van der Waals surface area contributed by atoms with E-state index in [0.717, 1.165) is 5.70 Å². The molecule has 0 atom stereocenters. The standard InChI is InChI=1S/C5H10ClN.C3H5/c1-4(7)5(2,3)6;1-3-2/h1,7H2,2-3H3;3H,1-2H2/q;-1/p+1. The van der Waals surface area contributed by atoms with Crippen LogP contribution < -0.4 is 5.73 Å². The van der Waals surface area contributed by atoms with E-state index in [1.54, 1.807) is 0 Å². The van der Waals surface area contributed by atoms with Crippen molar-refractivity contribution in [2.24, 2.45) is 0 Å². The van der Waals surface area contributed by atoms with Crippen LogP contribution in [0.3, 0.4) is 0 Å². The predicted octanol–water partition coefficient (Wildman–Crippen LogP) is 1.77. The Labute approximate surface area is 68.6 Å². The SMILES string of the molecule is C=C([NH3+])C(C)(C)Cl.C=C[CH2-]. The van der Waals surface area contributed by atoms with Gasteiger partial charge in [0, 0.05) is 0 Å². The third kappa shape index (κ3) is 10.6. The van der Waals surface area contributed by atoms with Gasteiger partial charge in [-0.25, -0.2) is 19.6 Å². The quantitative estimate of drug-likeness (QED) is 0.449. The van der Waals surface area contributed by atoms with Gasteiger partial charge in [-0.05, 0) is 20.4 Å². The predicted molar refractivity (Wildman–Crippen MR) is 47.5 cm³/mol. The largest absolute Gasteiger partial charge is 0.328 e. The Kier molecular flexibility index (Phi) is 6.63. The Morgan fingerprint density at radius 3 is 1.80 bits per heavy atom. The molecule has 0 rings (SSSR count). The summed E-state index contributed by atoms with van der Waals surface area (Å²) in [6.45, 7) is 13.8. The minimum atomic E-state index is -0.333. The van der Waals surface area contributed by atoms with E-state index in [4.69, 9.17) is 11.6 Å². The Morgan fingerprint density at radius 2 is 1.80 bits per heavy atom. The third-order valence-electron chi connectivity index (χ3n) is 0.841. The molecular formula is C8H16ClN. The van der Waals surface area contributed by atoms with E-state index in [-0.39, 0.29) is 4.87 Å². The first kappa shape index (κ1) is 12.3. The van der Waals surface area contributed by atoms with Crippen molar-refractivity contribution < 1.29 is 5.73 Å². The van der Waals surface area contributed by atoms with Crippen LogP contribution in [0.1, 0.15) is 13.8 Å². The zero-order chi connectivity index (χ0) is 8.78. The highest BCUT2D eigenvalue weighted by Crippen LogP contribution is 2.15. The minimum Gasteiger partial charge on any atom is -0.328 e. The van der Waals surface area contributed by atoms with Crippen molar-refractivity contribution >= 4 is 11.6 Å². The lowest BCUT2D eigenvalue weighted by Gasteiger charge is -2.09. The second-order valence-corrected chi connectivity index (χ2v) is 3.31. The molecule has 3 N–H and O–H groups in total. The van der Waals surface area contributed by atoms with Crippen LogP contribution in [0.15, 0.2) is 24.9 Å². The van der Waals surface area contributed by atoms with E-state index in [1.165, 1.54) is 6.08 Å². The molecule has 0 aliphatic rings. The highest BCUT2D eigenvalue weighted by atomic mass is 35.5. The molecule has 2 heteroatoms. The lowest BCUT2D eigenvalue weighted by Crippen LogP contribution is -2.53. The van der Waals surface area contributed by atoms with Gasteiger partial charge in [0.1, 0.15) is 10.6 Å². The summed E-state index contributed by atoms with van der Waals surface area (Å²) in [6, 6.07) is 0. The molecule has 0 amide bonds. The third-order valence-corrected chi connectivity index (χ3v) is 1.11. The Hall–Kier alpha value is -0.400. The molecule has 0 radical (unpaired) electrons. The summed E-state index contributed by atoms with van der Waals surface area (Å²) in [6.07, 6.45) is 1.50. The van der Waals surface area contributed by atoms with E-state index >= 15 is 0 Å². The topological polar surface area (TPSA) is 27.6 Å². The van der Waals surface area contributed by atoms with Gasteiger partial charge in [0.15, 0.2) is 0 Å². The van der Waals surface area contributed by atoms with Crippen LogP contribution in [0, 0.1) is 6.92 Å². The fraction of sp³-hybridized carbons (Fsp3) is 0.375. The minimum absolute atomic E-state index is 0.333. The first-order chi connectivity index (χ1) is 4.36. The number of alkyl halides is 1. The first-order valence-corrected chi connectivity index (χ1v) is 3.34. The van der Waals surface area contributed by atoms with Gasteiger partial charge in [-0.2, -0.15) is 0 Å². The summed E-state index contributed by atoms with van der Waals surface area (Å²) < 4.78 is 0. The average molecular weight is 162 g/mol. The molecule has 60 valence electrons. The van der Waals surface area contributed by atoms with Gasteiger partial charge in [0.05, 0.1) is 0 Å². The van der Waals surface area contributed by atoms with Crippen LogP contribution in [0.5, 0.6) is 0 Å². The van der Waals surface area contributed by atoms with Gasteiger partial charge in [-0.3, -0.25) is 0 Å². The normalized spacial score (nSPS) is 9.20. The maximum Gasteiger partial charge on any atom is 0.117 e. The molecule has 0 aromatic heterocycles. The molecule has 0 aliphatic carbocycles. The molecule has 0 saturated heterocycles. The monoisotopic (exact) mass is 161 g/mol. The van der Waals surface area contributed by atoms with Gasteiger partial charge in [0.2, 0.25) is 0 Å². The number of hydrogen-bond acceptors (Lipinski definition) is 0. The summed E-state index contributed by atoms with van der Waals surface area (Å²) >= 11 is 5.71. The molecule has 0 unspecified atom stereocenters. The fourth-order valence-corrected chi connectivity index (χ4v) is 0. The Morgan fingerprint density at radius 1 is 1.70 bits per heavy atom. The van der Waals surface area contributed by atoms with Crippen LogP contribution in [0.25, 0.3) is 0 Å². The second-order valence-electron chi connectivity index (χ2n) is 2.36. The van der Waals surface area contributed by atoms with Crippen molar-refractivity contribution in [1.82, 2.24) is 0 Å². The lowest BCUT2D eigenvalue weighted by molar-refractivity contribution is -0.309. The van der Waals surface area contributed by atoms with Crippen molar-refractivity contribution in [2.45, 2.75) is 18.7 Å². The number of allylic oxidation sites excluding steroid dienone is 2. The van der Waals surface area contributed by atoms with Crippen LogP contribution in [-0.4, -0.2) is 4.87 Å². The Bertz CT molecular complexity index is 111. The molecule has 0 fully saturated rings. The molecule has 0 aliphatic heterocycles. The van der Waals surface area contributed by atoms with Crippen molar-refractivity contribution in [3.8, 4) is 0 Å². The van der Waals surface area contributed by atoms with Crippen molar-refractivity contribution in [2.75, 3.05) is 0 Å². The van der Waals surface area contributed by atoms with Gasteiger partial charge >= 0.3 is 0 Å². The number of quaternary nitrogens is 1. The molecule has 0 heterocycles. The Balaban J connectivity index is 0. The zero-order valence-electron chi connectivity index (χ0n) is 6.78. The van der Waals surface area contributed by atoms with Gasteiger partial charge in [-0.15, -0.1) is 11.6 Å². The molecule has 0 bridgehead atoms.